The van der Waals surface area contributed by atoms with Crippen molar-refractivity contribution in [3.8, 4) is 11.5 Å². The van der Waals surface area contributed by atoms with Crippen LogP contribution in [-0.4, -0.2) is 37.9 Å². The predicted molar refractivity (Wildman–Crippen MR) is 103 cm³/mol. The highest BCUT2D eigenvalue weighted by Crippen LogP contribution is 2.33. The lowest BCUT2D eigenvalue weighted by atomic mass is 10.2. The third kappa shape index (κ3) is 5.68. The summed E-state index contributed by atoms with van der Waals surface area (Å²) in [5.74, 6) is 0.278. The number of methoxy groups -OCH3 is 2. The number of ether oxygens (including phenoxy) is 3. The first-order valence-corrected chi connectivity index (χ1v) is 8.34. The Bertz CT molecular complexity index is 854. The number of carbonyl (C=O) groups excluding carboxylic acids is 1. The van der Waals surface area contributed by atoms with E-state index in [1.54, 1.807) is 24.3 Å². The molecule has 0 aliphatic rings. The van der Waals surface area contributed by atoms with Gasteiger partial charge in [-0.05, 0) is 40.2 Å². The summed E-state index contributed by atoms with van der Waals surface area (Å²) in [6.07, 6.45) is 1.54. The van der Waals surface area contributed by atoms with E-state index in [0.29, 0.717) is 27.2 Å². The molecule has 10 heteroatoms. The van der Waals surface area contributed by atoms with E-state index in [-0.39, 0.29) is 12.3 Å². The minimum absolute atomic E-state index is 0.000413. The normalized spacial score (nSPS) is 10.5. The molecular weight excluding hydrogens is 422 g/mol. The molecule has 0 spiro atoms. The summed E-state index contributed by atoms with van der Waals surface area (Å²) in [6.45, 7) is -0.242. The van der Waals surface area contributed by atoms with Crippen LogP contribution in [0.4, 0.5) is 11.4 Å². The summed E-state index contributed by atoms with van der Waals surface area (Å²) in [7, 11) is 2.75. The Balaban J connectivity index is 2.09. The molecule has 0 unspecified atom stereocenters. The Morgan fingerprint density at radius 3 is 2.56 bits per heavy atom. The minimum Gasteiger partial charge on any atom is -0.493 e. The monoisotopic (exact) mass is 437 g/mol. The van der Waals surface area contributed by atoms with Crippen molar-refractivity contribution in [1.29, 1.82) is 0 Å². The average molecular weight is 438 g/mol. The van der Waals surface area contributed by atoms with Crippen molar-refractivity contribution in [2.45, 2.75) is 0 Å². The fourth-order valence-corrected chi connectivity index (χ4v) is 2.38. The van der Waals surface area contributed by atoms with Gasteiger partial charge >= 0.3 is 5.97 Å². The molecule has 0 aliphatic heterocycles. The van der Waals surface area contributed by atoms with E-state index in [1.165, 1.54) is 32.6 Å². The molecule has 0 atom stereocenters. The molecule has 0 aromatic heterocycles. The first-order chi connectivity index (χ1) is 12.9. The van der Waals surface area contributed by atoms with Crippen LogP contribution in [0.1, 0.15) is 5.56 Å². The van der Waals surface area contributed by atoms with Crippen molar-refractivity contribution >= 4 is 39.5 Å². The molecule has 0 bridgehead atoms. The van der Waals surface area contributed by atoms with E-state index in [9.17, 15) is 14.9 Å². The smallest absolute Gasteiger partial charge is 0.343 e. The van der Waals surface area contributed by atoms with Crippen molar-refractivity contribution in [2.24, 2.45) is 5.10 Å². The molecule has 142 valence electrons. The predicted octanol–water partition coefficient (Wildman–Crippen LogP) is 3.36. The maximum Gasteiger partial charge on any atom is 0.343 e. The number of nitro groups is 1. The SMILES string of the molecule is COC(=O)COc1cc(Br)c(C=NNc2ccc([N+](=O)[O-])cc2)cc1OC. The minimum atomic E-state index is -0.508. The number of non-ortho nitro benzene ring substituents is 1. The number of rotatable bonds is 8. The summed E-state index contributed by atoms with van der Waals surface area (Å²) in [4.78, 5) is 21.4. The molecule has 0 fully saturated rings. The van der Waals surface area contributed by atoms with Crippen LogP contribution in [0, 0.1) is 10.1 Å². The fraction of sp³-hybridized carbons (Fsp3) is 0.176. The molecule has 1 N–H and O–H groups in total. The van der Waals surface area contributed by atoms with Gasteiger partial charge in [-0.2, -0.15) is 5.10 Å². The topological polar surface area (TPSA) is 112 Å². The van der Waals surface area contributed by atoms with Crippen LogP contribution in [0.25, 0.3) is 0 Å². The van der Waals surface area contributed by atoms with E-state index in [0.717, 1.165) is 0 Å². The number of nitrogens with one attached hydrogen (secondary N) is 1. The van der Waals surface area contributed by atoms with Gasteiger partial charge in [0.25, 0.3) is 5.69 Å². The Hall–Kier alpha value is -3.14. The standard InChI is InChI=1S/C17H16BrN3O6/c1-25-15-7-11(14(18)8-16(15)27-10-17(22)26-2)9-19-20-12-3-5-13(6-4-12)21(23)24/h3-9,20H,10H2,1-2H3. The molecule has 0 amide bonds. The molecular formula is C17H16BrN3O6. The van der Waals surface area contributed by atoms with Gasteiger partial charge in [-0.3, -0.25) is 15.5 Å². The molecule has 0 aliphatic carbocycles. The second kappa shape index (κ2) is 9.53. The van der Waals surface area contributed by atoms with E-state index in [4.69, 9.17) is 9.47 Å². The second-order valence-corrected chi connectivity index (χ2v) is 5.92. The van der Waals surface area contributed by atoms with Gasteiger partial charge in [0.05, 0.1) is 31.0 Å². The average Bonchev–Trinajstić information content (AvgIpc) is 2.67. The van der Waals surface area contributed by atoms with Crippen LogP contribution < -0.4 is 14.9 Å². The maximum absolute atomic E-state index is 11.2. The van der Waals surface area contributed by atoms with Crippen LogP contribution in [0.3, 0.4) is 0 Å². The number of hydrogen-bond acceptors (Lipinski definition) is 8. The number of nitro benzene ring substituents is 1. The molecule has 0 heterocycles. The molecule has 2 rings (SSSR count). The zero-order valence-corrected chi connectivity index (χ0v) is 16.1. The Labute approximate surface area is 163 Å². The van der Waals surface area contributed by atoms with Crippen molar-refractivity contribution in [1.82, 2.24) is 0 Å². The van der Waals surface area contributed by atoms with Crippen molar-refractivity contribution in [2.75, 3.05) is 26.3 Å². The summed E-state index contributed by atoms with van der Waals surface area (Å²) < 4.78 is 15.8. The molecule has 0 saturated carbocycles. The van der Waals surface area contributed by atoms with Crippen LogP contribution in [0.2, 0.25) is 0 Å². The Morgan fingerprint density at radius 2 is 1.96 bits per heavy atom. The summed E-state index contributed by atoms with van der Waals surface area (Å²) in [5, 5.41) is 14.7. The van der Waals surface area contributed by atoms with Gasteiger partial charge in [0, 0.05) is 22.2 Å². The highest BCUT2D eigenvalue weighted by atomic mass is 79.9. The molecule has 0 radical (unpaired) electrons. The number of benzene rings is 2. The zero-order chi connectivity index (χ0) is 19.8. The summed E-state index contributed by atoms with van der Waals surface area (Å²) in [6, 6.07) is 9.19. The van der Waals surface area contributed by atoms with E-state index >= 15 is 0 Å². The number of carbonyl (C=O) groups is 1. The van der Waals surface area contributed by atoms with Crippen molar-refractivity contribution in [3.63, 3.8) is 0 Å². The first-order valence-electron chi connectivity index (χ1n) is 7.55. The third-order valence-electron chi connectivity index (χ3n) is 3.33. The lowest BCUT2D eigenvalue weighted by Crippen LogP contribution is -2.13. The van der Waals surface area contributed by atoms with Crippen molar-refractivity contribution < 1.29 is 23.9 Å². The molecule has 27 heavy (non-hydrogen) atoms. The number of hydrogen-bond donors (Lipinski definition) is 1. The first kappa shape index (κ1) is 20.2. The number of nitrogens with zero attached hydrogens (tertiary/aromatic N) is 2. The number of hydrazone groups is 1. The van der Waals surface area contributed by atoms with Gasteiger partial charge in [-0.15, -0.1) is 0 Å². The highest BCUT2D eigenvalue weighted by Gasteiger charge is 2.11. The number of anilines is 1. The second-order valence-electron chi connectivity index (χ2n) is 5.06. The third-order valence-corrected chi connectivity index (χ3v) is 4.02. The fourth-order valence-electron chi connectivity index (χ4n) is 1.95. The van der Waals surface area contributed by atoms with Gasteiger partial charge < -0.3 is 14.2 Å². The van der Waals surface area contributed by atoms with Gasteiger partial charge in [0.15, 0.2) is 18.1 Å². The van der Waals surface area contributed by atoms with Crippen LogP contribution >= 0.6 is 15.9 Å². The molecule has 9 nitrogen and oxygen atoms in total. The zero-order valence-electron chi connectivity index (χ0n) is 14.5. The van der Waals surface area contributed by atoms with Gasteiger partial charge in [-0.25, -0.2) is 4.79 Å². The van der Waals surface area contributed by atoms with Gasteiger partial charge in [0.1, 0.15) is 0 Å². The van der Waals surface area contributed by atoms with Crippen LogP contribution in [0.15, 0.2) is 46.0 Å². The molecule has 0 saturated heterocycles. The Kier molecular flexibility index (Phi) is 7.12. The van der Waals surface area contributed by atoms with Gasteiger partial charge in [-0.1, -0.05) is 0 Å². The molecule has 2 aromatic rings. The Morgan fingerprint density at radius 1 is 1.26 bits per heavy atom. The summed E-state index contributed by atoms with van der Waals surface area (Å²) in [5.41, 5.74) is 4.06. The number of esters is 1. The number of halogens is 1. The maximum atomic E-state index is 11.2. The van der Waals surface area contributed by atoms with Crippen LogP contribution in [0.5, 0.6) is 11.5 Å². The quantitative estimate of drug-likeness (QED) is 0.291. The summed E-state index contributed by atoms with van der Waals surface area (Å²) >= 11 is 3.40. The van der Waals surface area contributed by atoms with Gasteiger partial charge in [0.2, 0.25) is 0 Å². The van der Waals surface area contributed by atoms with E-state index in [1.807, 2.05) is 0 Å². The van der Waals surface area contributed by atoms with Crippen molar-refractivity contribution in [3.05, 3.63) is 56.5 Å². The van der Waals surface area contributed by atoms with E-state index in [2.05, 4.69) is 31.2 Å². The molecule has 2 aromatic carbocycles. The lowest BCUT2D eigenvalue weighted by molar-refractivity contribution is -0.384. The lowest BCUT2D eigenvalue weighted by Gasteiger charge is -2.11. The van der Waals surface area contributed by atoms with E-state index < -0.39 is 10.9 Å². The highest BCUT2D eigenvalue weighted by molar-refractivity contribution is 9.10. The largest absolute Gasteiger partial charge is 0.493 e. The van der Waals surface area contributed by atoms with Crippen LogP contribution in [-0.2, 0) is 9.53 Å².